The van der Waals surface area contributed by atoms with Crippen LogP contribution in [0.25, 0.3) is 33.8 Å². The molecule has 0 aliphatic carbocycles. The second-order valence-corrected chi connectivity index (χ2v) is 5.32. The van der Waals surface area contributed by atoms with Gasteiger partial charge in [-0.15, -0.1) is 0 Å². The minimum Gasteiger partial charge on any atom is -0.397 e. The van der Waals surface area contributed by atoms with Crippen LogP contribution in [0.4, 0.5) is 11.4 Å². The highest BCUT2D eigenvalue weighted by Gasteiger charge is 2.15. The first kappa shape index (κ1) is 14.1. The van der Waals surface area contributed by atoms with Crippen molar-refractivity contribution >= 4 is 22.4 Å². The van der Waals surface area contributed by atoms with Gasteiger partial charge < -0.3 is 11.5 Å². The third-order valence-electron chi connectivity index (χ3n) is 3.68. The summed E-state index contributed by atoms with van der Waals surface area (Å²) in [7, 11) is 0. The number of anilines is 2. The lowest BCUT2D eigenvalue weighted by Crippen LogP contribution is -2.00. The molecule has 0 aliphatic rings. The molecule has 0 atom stereocenters. The van der Waals surface area contributed by atoms with Crippen LogP contribution in [0.1, 0.15) is 0 Å². The summed E-state index contributed by atoms with van der Waals surface area (Å²) < 4.78 is 0. The van der Waals surface area contributed by atoms with Crippen LogP contribution in [0.3, 0.4) is 0 Å². The predicted octanol–water partition coefficient (Wildman–Crippen LogP) is 2.92. The van der Waals surface area contributed by atoms with Crippen molar-refractivity contribution < 1.29 is 0 Å². The van der Waals surface area contributed by atoms with E-state index in [-0.39, 0.29) is 0 Å². The lowest BCUT2D eigenvalue weighted by molar-refractivity contribution is 1.21. The standard InChI is InChI=1S/C18H14N6/c19-11-9-15-16(10-12(11)20)24-18(14-6-2-4-8-22-14)17(23-15)13-5-1-3-7-21-13/h1-10H,19-20H2. The van der Waals surface area contributed by atoms with Crippen LogP contribution in [-0.2, 0) is 0 Å². The van der Waals surface area contributed by atoms with Gasteiger partial charge in [-0.3, -0.25) is 9.97 Å². The number of pyridine rings is 2. The van der Waals surface area contributed by atoms with Gasteiger partial charge in [0.15, 0.2) is 0 Å². The zero-order chi connectivity index (χ0) is 16.5. The van der Waals surface area contributed by atoms with E-state index in [4.69, 9.17) is 21.4 Å². The Morgan fingerprint density at radius 1 is 0.625 bits per heavy atom. The molecule has 0 amide bonds. The van der Waals surface area contributed by atoms with Crippen LogP contribution in [0.15, 0.2) is 60.9 Å². The number of hydrogen-bond donors (Lipinski definition) is 2. The molecular weight excluding hydrogens is 300 g/mol. The maximum atomic E-state index is 5.90. The predicted molar refractivity (Wildman–Crippen MR) is 94.8 cm³/mol. The summed E-state index contributed by atoms with van der Waals surface area (Å²) in [5.41, 5.74) is 16.9. The van der Waals surface area contributed by atoms with Gasteiger partial charge >= 0.3 is 0 Å². The maximum Gasteiger partial charge on any atom is 0.117 e. The van der Waals surface area contributed by atoms with Gasteiger partial charge in [0.1, 0.15) is 11.4 Å². The topological polar surface area (TPSA) is 104 Å². The molecule has 4 aromatic rings. The Balaban J connectivity index is 2.06. The van der Waals surface area contributed by atoms with Gasteiger partial charge in [0.05, 0.1) is 33.8 Å². The van der Waals surface area contributed by atoms with Crippen LogP contribution >= 0.6 is 0 Å². The molecule has 6 nitrogen and oxygen atoms in total. The van der Waals surface area contributed by atoms with E-state index < -0.39 is 0 Å². The van der Waals surface area contributed by atoms with Crippen molar-refractivity contribution in [3.8, 4) is 22.8 Å². The summed E-state index contributed by atoms with van der Waals surface area (Å²) in [6.45, 7) is 0. The fraction of sp³-hybridized carbons (Fsp3) is 0. The van der Waals surface area contributed by atoms with Gasteiger partial charge in [0.25, 0.3) is 0 Å². The number of hydrogen-bond acceptors (Lipinski definition) is 6. The van der Waals surface area contributed by atoms with E-state index in [1.807, 2.05) is 36.4 Å². The van der Waals surface area contributed by atoms with Gasteiger partial charge in [-0.25, -0.2) is 9.97 Å². The molecule has 1 aromatic carbocycles. The Morgan fingerprint density at radius 3 is 1.46 bits per heavy atom. The van der Waals surface area contributed by atoms with E-state index >= 15 is 0 Å². The van der Waals surface area contributed by atoms with E-state index in [2.05, 4.69) is 9.97 Å². The molecule has 0 bridgehead atoms. The van der Waals surface area contributed by atoms with E-state index in [9.17, 15) is 0 Å². The monoisotopic (exact) mass is 314 g/mol. The lowest BCUT2D eigenvalue weighted by Gasteiger charge is -2.10. The van der Waals surface area contributed by atoms with E-state index in [1.54, 1.807) is 24.5 Å². The molecule has 0 saturated carbocycles. The van der Waals surface area contributed by atoms with Crippen LogP contribution in [0, 0.1) is 0 Å². The number of fused-ring (bicyclic) bond motifs is 1. The number of rotatable bonds is 2. The number of nitrogen functional groups attached to an aromatic ring is 2. The molecule has 4 rings (SSSR count). The fourth-order valence-electron chi connectivity index (χ4n) is 2.50. The minimum atomic E-state index is 0.481. The highest BCUT2D eigenvalue weighted by Crippen LogP contribution is 2.30. The minimum absolute atomic E-state index is 0.481. The van der Waals surface area contributed by atoms with Crippen molar-refractivity contribution in [2.45, 2.75) is 0 Å². The van der Waals surface area contributed by atoms with Gasteiger partial charge in [-0.05, 0) is 36.4 Å². The first-order valence-electron chi connectivity index (χ1n) is 7.42. The molecule has 0 fully saturated rings. The molecule has 6 heteroatoms. The van der Waals surface area contributed by atoms with E-state index in [0.717, 1.165) is 11.4 Å². The Hall–Kier alpha value is -3.54. The first-order chi connectivity index (χ1) is 11.7. The van der Waals surface area contributed by atoms with Gasteiger partial charge in [-0.2, -0.15) is 0 Å². The fourth-order valence-corrected chi connectivity index (χ4v) is 2.50. The molecule has 0 saturated heterocycles. The average Bonchev–Trinajstić information content (AvgIpc) is 2.63. The van der Waals surface area contributed by atoms with Crippen molar-refractivity contribution in [3.63, 3.8) is 0 Å². The maximum absolute atomic E-state index is 5.90. The molecule has 24 heavy (non-hydrogen) atoms. The van der Waals surface area contributed by atoms with Crippen LogP contribution in [0.2, 0.25) is 0 Å². The number of aromatic nitrogens is 4. The van der Waals surface area contributed by atoms with Crippen molar-refractivity contribution in [2.24, 2.45) is 0 Å². The highest BCUT2D eigenvalue weighted by atomic mass is 14.9. The van der Waals surface area contributed by atoms with Gasteiger partial charge in [0, 0.05) is 12.4 Å². The third kappa shape index (κ3) is 2.40. The molecular formula is C18H14N6. The summed E-state index contributed by atoms with van der Waals surface area (Å²) in [6, 6.07) is 14.8. The second-order valence-electron chi connectivity index (χ2n) is 5.32. The smallest absolute Gasteiger partial charge is 0.117 e. The molecule has 3 aromatic heterocycles. The molecule has 0 aliphatic heterocycles. The first-order valence-corrected chi connectivity index (χ1v) is 7.42. The Bertz CT molecular complexity index is 932. The van der Waals surface area contributed by atoms with Crippen molar-refractivity contribution in [3.05, 3.63) is 60.9 Å². The number of nitrogens with two attached hydrogens (primary N) is 2. The average molecular weight is 314 g/mol. The van der Waals surface area contributed by atoms with E-state index in [0.29, 0.717) is 33.8 Å². The van der Waals surface area contributed by atoms with Crippen LogP contribution in [0.5, 0.6) is 0 Å². The van der Waals surface area contributed by atoms with Crippen LogP contribution in [-0.4, -0.2) is 19.9 Å². The van der Waals surface area contributed by atoms with Gasteiger partial charge in [0.2, 0.25) is 0 Å². The summed E-state index contributed by atoms with van der Waals surface area (Å²) in [4.78, 5) is 18.2. The van der Waals surface area contributed by atoms with Gasteiger partial charge in [-0.1, -0.05) is 12.1 Å². The van der Waals surface area contributed by atoms with E-state index in [1.165, 1.54) is 0 Å². The zero-order valence-electron chi connectivity index (χ0n) is 12.7. The van der Waals surface area contributed by atoms with Crippen molar-refractivity contribution in [1.29, 1.82) is 0 Å². The lowest BCUT2D eigenvalue weighted by atomic mass is 10.1. The molecule has 0 radical (unpaired) electrons. The number of benzene rings is 1. The van der Waals surface area contributed by atoms with Crippen LogP contribution < -0.4 is 11.5 Å². The third-order valence-corrected chi connectivity index (χ3v) is 3.68. The summed E-state index contributed by atoms with van der Waals surface area (Å²) >= 11 is 0. The second kappa shape index (κ2) is 5.58. The Morgan fingerprint density at radius 2 is 1.08 bits per heavy atom. The Labute approximate surface area is 138 Å². The summed E-state index contributed by atoms with van der Waals surface area (Å²) in [5.74, 6) is 0. The number of nitrogens with zero attached hydrogens (tertiary/aromatic N) is 4. The molecule has 116 valence electrons. The van der Waals surface area contributed by atoms with Crippen molar-refractivity contribution in [2.75, 3.05) is 11.5 Å². The summed E-state index contributed by atoms with van der Waals surface area (Å²) in [6.07, 6.45) is 3.45. The Kier molecular flexibility index (Phi) is 3.28. The molecule has 0 spiro atoms. The highest BCUT2D eigenvalue weighted by molar-refractivity contribution is 5.89. The quantitative estimate of drug-likeness (QED) is 0.551. The summed E-state index contributed by atoms with van der Waals surface area (Å²) in [5, 5.41) is 0. The largest absolute Gasteiger partial charge is 0.397 e. The zero-order valence-corrected chi connectivity index (χ0v) is 12.7. The molecule has 0 unspecified atom stereocenters. The normalized spacial score (nSPS) is 10.8. The molecule has 4 N–H and O–H groups in total. The van der Waals surface area contributed by atoms with Crippen molar-refractivity contribution in [1.82, 2.24) is 19.9 Å². The SMILES string of the molecule is Nc1cc2nc(-c3ccccn3)c(-c3ccccn3)nc2cc1N. The molecule has 3 heterocycles.